The van der Waals surface area contributed by atoms with Crippen molar-refractivity contribution in [3.8, 4) is 0 Å². The van der Waals surface area contributed by atoms with E-state index in [0.29, 0.717) is 12.0 Å². The van der Waals surface area contributed by atoms with Gasteiger partial charge in [0, 0.05) is 17.4 Å². The van der Waals surface area contributed by atoms with Gasteiger partial charge >= 0.3 is 0 Å². The van der Waals surface area contributed by atoms with Crippen molar-refractivity contribution in [2.75, 3.05) is 5.32 Å². The lowest BCUT2D eigenvalue weighted by Gasteiger charge is -2.14. The van der Waals surface area contributed by atoms with Crippen LogP contribution >= 0.6 is 0 Å². The molecule has 0 amide bonds. The number of anilines is 1. The van der Waals surface area contributed by atoms with E-state index >= 15 is 0 Å². The lowest BCUT2D eigenvalue weighted by Crippen LogP contribution is -2.18. The van der Waals surface area contributed by atoms with Gasteiger partial charge in [-0.25, -0.2) is 9.97 Å². The minimum Gasteiger partial charge on any atom is -0.351 e. The first-order valence-electron chi connectivity index (χ1n) is 5.92. The van der Waals surface area contributed by atoms with Gasteiger partial charge in [-0.15, -0.1) is 0 Å². The molecule has 0 aliphatic heterocycles. The second-order valence-electron chi connectivity index (χ2n) is 4.70. The summed E-state index contributed by atoms with van der Waals surface area (Å²) in [5.41, 5.74) is 2.15. The zero-order valence-electron chi connectivity index (χ0n) is 10.2. The Morgan fingerprint density at radius 3 is 2.56 bits per heavy atom. The smallest absolute Gasteiger partial charge is 0.223 e. The maximum atomic E-state index is 4.55. The summed E-state index contributed by atoms with van der Waals surface area (Å²) in [6.45, 7) is 6.33. The lowest BCUT2D eigenvalue weighted by atomic mass is 10.1. The summed E-state index contributed by atoms with van der Waals surface area (Å²) in [4.78, 5) is 8.98. The molecule has 0 atom stereocenters. The highest BCUT2D eigenvalue weighted by Crippen LogP contribution is 2.17. The van der Waals surface area contributed by atoms with Crippen molar-refractivity contribution >= 4 is 5.95 Å². The second-order valence-corrected chi connectivity index (χ2v) is 4.70. The highest BCUT2D eigenvalue weighted by atomic mass is 15.1. The molecule has 0 bridgehead atoms. The third-order valence-electron chi connectivity index (χ3n) is 2.81. The standard InChI is InChI=1S/C13H19N3/c1-9(2)12-8-10(3)14-13(16-12)15-11-6-4-5-7-11/h4-5,8-9,11H,6-7H2,1-3H3,(H,14,15,16). The molecule has 0 spiro atoms. The van der Waals surface area contributed by atoms with Crippen LogP contribution in [0.15, 0.2) is 18.2 Å². The Bertz CT molecular complexity index is 388. The first-order valence-corrected chi connectivity index (χ1v) is 5.92. The molecule has 1 aliphatic rings. The Labute approximate surface area is 97.0 Å². The van der Waals surface area contributed by atoms with Crippen LogP contribution in [-0.2, 0) is 0 Å². The molecule has 1 aliphatic carbocycles. The minimum atomic E-state index is 0.448. The average molecular weight is 217 g/mol. The van der Waals surface area contributed by atoms with Crippen LogP contribution < -0.4 is 5.32 Å². The van der Waals surface area contributed by atoms with Gasteiger partial charge in [0.2, 0.25) is 5.95 Å². The van der Waals surface area contributed by atoms with Crippen LogP contribution in [0.3, 0.4) is 0 Å². The van der Waals surface area contributed by atoms with Gasteiger partial charge in [-0.05, 0) is 31.7 Å². The lowest BCUT2D eigenvalue weighted by molar-refractivity contribution is 0.756. The summed E-state index contributed by atoms with van der Waals surface area (Å²) in [6, 6.07) is 2.53. The van der Waals surface area contributed by atoms with Crippen LogP contribution in [0.25, 0.3) is 0 Å². The van der Waals surface area contributed by atoms with Crippen LogP contribution in [0.5, 0.6) is 0 Å². The summed E-state index contributed by atoms with van der Waals surface area (Å²) < 4.78 is 0. The van der Waals surface area contributed by atoms with E-state index < -0.39 is 0 Å². The fraction of sp³-hybridized carbons (Fsp3) is 0.538. The first-order chi connectivity index (χ1) is 7.65. The highest BCUT2D eigenvalue weighted by Gasteiger charge is 2.12. The number of hydrogen-bond acceptors (Lipinski definition) is 3. The molecule has 1 aromatic rings. The molecule has 0 radical (unpaired) electrons. The summed E-state index contributed by atoms with van der Waals surface area (Å²) in [6.07, 6.45) is 6.57. The monoisotopic (exact) mass is 217 g/mol. The van der Waals surface area contributed by atoms with E-state index in [9.17, 15) is 0 Å². The molecule has 1 N–H and O–H groups in total. The Morgan fingerprint density at radius 2 is 1.94 bits per heavy atom. The van der Waals surface area contributed by atoms with E-state index in [4.69, 9.17) is 0 Å². The summed E-state index contributed by atoms with van der Waals surface area (Å²) in [5.74, 6) is 1.22. The molecular weight excluding hydrogens is 198 g/mol. The van der Waals surface area contributed by atoms with E-state index in [-0.39, 0.29) is 0 Å². The van der Waals surface area contributed by atoms with Crippen LogP contribution in [0.4, 0.5) is 5.95 Å². The van der Waals surface area contributed by atoms with Crippen LogP contribution in [-0.4, -0.2) is 16.0 Å². The van der Waals surface area contributed by atoms with Crippen molar-refractivity contribution in [2.24, 2.45) is 0 Å². The maximum absolute atomic E-state index is 4.55. The molecular formula is C13H19N3. The van der Waals surface area contributed by atoms with Crippen molar-refractivity contribution < 1.29 is 0 Å². The molecule has 3 heteroatoms. The fourth-order valence-corrected chi connectivity index (χ4v) is 1.87. The molecule has 0 unspecified atom stereocenters. The van der Waals surface area contributed by atoms with Gasteiger partial charge in [0.25, 0.3) is 0 Å². The highest BCUT2D eigenvalue weighted by molar-refractivity contribution is 5.31. The summed E-state index contributed by atoms with van der Waals surface area (Å²) >= 11 is 0. The topological polar surface area (TPSA) is 37.8 Å². The van der Waals surface area contributed by atoms with Gasteiger partial charge < -0.3 is 5.32 Å². The Kier molecular flexibility index (Phi) is 3.22. The third-order valence-corrected chi connectivity index (χ3v) is 2.81. The molecule has 0 fully saturated rings. The molecule has 1 aromatic heterocycles. The second kappa shape index (κ2) is 4.64. The molecule has 0 saturated carbocycles. The van der Waals surface area contributed by atoms with Gasteiger partial charge in [-0.3, -0.25) is 0 Å². The molecule has 0 saturated heterocycles. The van der Waals surface area contributed by atoms with Crippen LogP contribution in [0, 0.1) is 6.92 Å². The van der Waals surface area contributed by atoms with E-state index in [2.05, 4.69) is 47.4 Å². The van der Waals surface area contributed by atoms with Crippen molar-refractivity contribution in [2.45, 2.75) is 45.6 Å². The Balaban J connectivity index is 2.13. The number of rotatable bonds is 3. The first kappa shape index (κ1) is 11.1. The van der Waals surface area contributed by atoms with Crippen molar-refractivity contribution in [3.05, 3.63) is 29.6 Å². The molecule has 0 aromatic carbocycles. The van der Waals surface area contributed by atoms with Crippen molar-refractivity contribution in [3.63, 3.8) is 0 Å². The number of aryl methyl sites for hydroxylation is 1. The summed E-state index contributed by atoms with van der Waals surface area (Å²) in [7, 11) is 0. The summed E-state index contributed by atoms with van der Waals surface area (Å²) in [5, 5.41) is 3.39. The Morgan fingerprint density at radius 1 is 1.25 bits per heavy atom. The van der Waals surface area contributed by atoms with E-state index in [1.807, 2.05) is 6.92 Å². The van der Waals surface area contributed by atoms with Crippen molar-refractivity contribution in [1.82, 2.24) is 9.97 Å². The van der Waals surface area contributed by atoms with E-state index in [0.717, 1.165) is 30.2 Å². The van der Waals surface area contributed by atoms with Crippen LogP contribution in [0.1, 0.15) is 44.0 Å². The molecule has 86 valence electrons. The minimum absolute atomic E-state index is 0.448. The predicted octanol–water partition coefficient (Wildman–Crippen LogP) is 3.04. The fourth-order valence-electron chi connectivity index (χ4n) is 1.87. The zero-order valence-corrected chi connectivity index (χ0v) is 10.2. The molecule has 16 heavy (non-hydrogen) atoms. The zero-order chi connectivity index (χ0) is 11.5. The SMILES string of the molecule is Cc1cc(C(C)C)nc(NC2CC=CC2)n1. The van der Waals surface area contributed by atoms with Gasteiger partial charge in [0.05, 0.1) is 0 Å². The van der Waals surface area contributed by atoms with E-state index in [1.54, 1.807) is 0 Å². The van der Waals surface area contributed by atoms with Gasteiger partial charge in [0.15, 0.2) is 0 Å². The maximum Gasteiger partial charge on any atom is 0.223 e. The molecule has 2 rings (SSSR count). The Hall–Kier alpha value is -1.38. The van der Waals surface area contributed by atoms with E-state index in [1.165, 1.54) is 0 Å². The van der Waals surface area contributed by atoms with Gasteiger partial charge in [-0.2, -0.15) is 0 Å². The van der Waals surface area contributed by atoms with Crippen LogP contribution in [0.2, 0.25) is 0 Å². The largest absolute Gasteiger partial charge is 0.351 e. The third kappa shape index (κ3) is 2.60. The number of nitrogens with zero attached hydrogens (tertiary/aromatic N) is 2. The molecule has 3 nitrogen and oxygen atoms in total. The quantitative estimate of drug-likeness (QED) is 0.791. The number of nitrogens with one attached hydrogen (secondary N) is 1. The number of aromatic nitrogens is 2. The predicted molar refractivity (Wildman–Crippen MR) is 66.6 cm³/mol. The molecule has 1 heterocycles. The van der Waals surface area contributed by atoms with Crippen molar-refractivity contribution in [1.29, 1.82) is 0 Å². The average Bonchev–Trinajstić information content (AvgIpc) is 2.69. The number of hydrogen-bond donors (Lipinski definition) is 1. The normalized spacial score (nSPS) is 16.0. The van der Waals surface area contributed by atoms with Gasteiger partial charge in [-0.1, -0.05) is 26.0 Å². The van der Waals surface area contributed by atoms with Gasteiger partial charge in [0.1, 0.15) is 0 Å².